The first-order valence-corrected chi connectivity index (χ1v) is 5.26. The summed E-state index contributed by atoms with van der Waals surface area (Å²) < 4.78 is 36.9. The fourth-order valence-electron chi connectivity index (χ4n) is 1.52. The largest absolute Gasteiger partial charge is 0.417 e. The number of nitrogens with one attached hydrogen (secondary N) is 1. The lowest BCUT2D eigenvalue weighted by Crippen LogP contribution is -2.21. The van der Waals surface area contributed by atoms with Crippen LogP contribution < -0.4 is 5.32 Å². The van der Waals surface area contributed by atoms with Gasteiger partial charge in [0.15, 0.2) is 0 Å². The highest BCUT2D eigenvalue weighted by Gasteiger charge is 2.31. The maximum absolute atomic E-state index is 12.3. The smallest absolute Gasteiger partial charge is 0.306 e. The van der Waals surface area contributed by atoms with Gasteiger partial charge in [-0.1, -0.05) is 0 Å². The SMILES string of the molecule is CC(NC1CC1)c1ccc(C(F)(F)F)cn1.Cl. The van der Waals surface area contributed by atoms with Crippen LogP contribution in [0.1, 0.15) is 37.1 Å². The summed E-state index contributed by atoms with van der Waals surface area (Å²) in [4.78, 5) is 3.84. The molecule has 0 amide bonds. The van der Waals surface area contributed by atoms with E-state index in [0.717, 1.165) is 25.1 Å². The van der Waals surface area contributed by atoms with Crippen LogP contribution in [0.2, 0.25) is 0 Å². The molecule has 1 unspecified atom stereocenters. The summed E-state index contributed by atoms with van der Waals surface area (Å²) in [5, 5.41) is 3.28. The van der Waals surface area contributed by atoms with Gasteiger partial charge in [-0.2, -0.15) is 13.2 Å². The lowest BCUT2D eigenvalue weighted by molar-refractivity contribution is -0.137. The van der Waals surface area contributed by atoms with Crippen LogP contribution in [0.15, 0.2) is 18.3 Å². The van der Waals surface area contributed by atoms with Gasteiger partial charge in [0.2, 0.25) is 0 Å². The van der Waals surface area contributed by atoms with Crippen LogP contribution >= 0.6 is 12.4 Å². The number of aromatic nitrogens is 1. The van der Waals surface area contributed by atoms with E-state index in [4.69, 9.17) is 0 Å². The number of pyridine rings is 1. The number of rotatable bonds is 3. The Bertz CT molecular complexity index is 360. The van der Waals surface area contributed by atoms with Crippen LogP contribution in [0.5, 0.6) is 0 Å². The summed E-state index contributed by atoms with van der Waals surface area (Å²) in [6.07, 6.45) is -1.13. The summed E-state index contributed by atoms with van der Waals surface area (Å²) in [5.74, 6) is 0. The van der Waals surface area contributed by atoms with Crippen molar-refractivity contribution < 1.29 is 13.2 Å². The van der Waals surface area contributed by atoms with E-state index in [-0.39, 0.29) is 18.4 Å². The zero-order valence-corrected chi connectivity index (χ0v) is 10.1. The van der Waals surface area contributed by atoms with Gasteiger partial charge in [-0.15, -0.1) is 12.4 Å². The van der Waals surface area contributed by atoms with Gasteiger partial charge in [0.25, 0.3) is 0 Å². The summed E-state index contributed by atoms with van der Waals surface area (Å²) in [5.41, 5.74) is -0.0465. The third-order valence-electron chi connectivity index (χ3n) is 2.62. The third-order valence-corrected chi connectivity index (χ3v) is 2.62. The summed E-state index contributed by atoms with van der Waals surface area (Å²) in [6.45, 7) is 1.91. The van der Waals surface area contributed by atoms with Crippen LogP contribution in [-0.2, 0) is 6.18 Å². The molecular formula is C11H14ClF3N2. The maximum atomic E-state index is 12.3. The standard InChI is InChI=1S/C11H13F3N2.ClH/c1-7(16-9-3-4-9)10-5-2-8(6-15-10)11(12,13)14;/h2,5-7,9,16H,3-4H2,1H3;1H. The average molecular weight is 267 g/mol. The highest BCUT2D eigenvalue weighted by Crippen LogP contribution is 2.29. The molecule has 1 fully saturated rings. The Labute approximate surface area is 104 Å². The molecule has 1 aliphatic carbocycles. The lowest BCUT2D eigenvalue weighted by atomic mass is 10.2. The van der Waals surface area contributed by atoms with Crippen molar-refractivity contribution in [2.24, 2.45) is 0 Å². The van der Waals surface area contributed by atoms with Crippen molar-refractivity contribution in [3.63, 3.8) is 0 Å². The summed E-state index contributed by atoms with van der Waals surface area (Å²) in [7, 11) is 0. The molecule has 1 atom stereocenters. The predicted octanol–water partition coefficient (Wildman–Crippen LogP) is 3.34. The topological polar surface area (TPSA) is 24.9 Å². The fourth-order valence-corrected chi connectivity index (χ4v) is 1.52. The second-order valence-electron chi connectivity index (χ2n) is 4.13. The van der Waals surface area contributed by atoms with Crippen LogP contribution in [-0.4, -0.2) is 11.0 Å². The molecule has 6 heteroatoms. The van der Waals surface area contributed by atoms with Gasteiger partial charge in [0, 0.05) is 18.3 Å². The minimum absolute atomic E-state index is 0. The number of halogens is 4. The monoisotopic (exact) mass is 266 g/mol. The summed E-state index contributed by atoms with van der Waals surface area (Å²) in [6, 6.07) is 3.03. The highest BCUT2D eigenvalue weighted by atomic mass is 35.5. The molecule has 1 aromatic rings. The van der Waals surface area contributed by atoms with E-state index in [1.165, 1.54) is 6.07 Å². The highest BCUT2D eigenvalue weighted by molar-refractivity contribution is 5.85. The Morgan fingerprint density at radius 1 is 1.35 bits per heavy atom. The van der Waals surface area contributed by atoms with E-state index >= 15 is 0 Å². The molecule has 0 aromatic carbocycles. The van der Waals surface area contributed by atoms with Gasteiger partial charge in [-0.25, -0.2) is 0 Å². The molecule has 0 aliphatic heterocycles. The van der Waals surface area contributed by atoms with E-state index in [2.05, 4.69) is 10.3 Å². The zero-order valence-electron chi connectivity index (χ0n) is 9.29. The van der Waals surface area contributed by atoms with Crippen LogP contribution in [0.3, 0.4) is 0 Å². The molecule has 17 heavy (non-hydrogen) atoms. The molecule has 1 saturated carbocycles. The minimum atomic E-state index is -4.31. The van der Waals surface area contributed by atoms with E-state index in [1.54, 1.807) is 0 Å². The molecule has 0 bridgehead atoms. The third kappa shape index (κ3) is 3.85. The quantitative estimate of drug-likeness (QED) is 0.908. The second kappa shape index (κ2) is 5.23. The van der Waals surface area contributed by atoms with Gasteiger partial charge in [0.05, 0.1) is 11.3 Å². The van der Waals surface area contributed by atoms with Crippen molar-refractivity contribution in [1.82, 2.24) is 10.3 Å². The maximum Gasteiger partial charge on any atom is 0.417 e. The van der Waals surface area contributed by atoms with Crippen molar-refractivity contribution >= 4 is 12.4 Å². The van der Waals surface area contributed by atoms with Crippen molar-refractivity contribution in [3.05, 3.63) is 29.6 Å². The minimum Gasteiger partial charge on any atom is -0.306 e. The molecule has 0 saturated heterocycles. The van der Waals surface area contributed by atoms with Gasteiger partial charge in [-0.05, 0) is 31.9 Å². The molecule has 0 spiro atoms. The van der Waals surface area contributed by atoms with Crippen molar-refractivity contribution in [3.8, 4) is 0 Å². The number of alkyl halides is 3. The van der Waals surface area contributed by atoms with Gasteiger partial charge in [-0.3, -0.25) is 4.98 Å². The Balaban J connectivity index is 0.00000144. The first-order valence-electron chi connectivity index (χ1n) is 5.26. The lowest BCUT2D eigenvalue weighted by Gasteiger charge is -2.13. The van der Waals surface area contributed by atoms with E-state index in [9.17, 15) is 13.2 Å². The van der Waals surface area contributed by atoms with Gasteiger partial charge >= 0.3 is 6.18 Å². The van der Waals surface area contributed by atoms with Crippen LogP contribution in [0.25, 0.3) is 0 Å². The second-order valence-corrected chi connectivity index (χ2v) is 4.13. The Morgan fingerprint density at radius 2 is 2.00 bits per heavy atom. The van der Waals surface area contributed by atoms with E-state index < -0.39 is 11.7 Å². The number of hydrogen-bond donors (Lipinski definition) is 1. The molecule has 1 N–H and O–H groups in total. The Hall–Kier alpha value is -0.810. The first-order chi connectivity index (χ1) is 7.47. The van der Waals surface area contributed by atoms with Crippen molar-refractivity contribution in [2.75, 3.05) is 0 Å². The molecule has 2 rings (SSSR count). The number of hydrogen-bond acceptors (Lipinski definition) is 2. The van der Waals surface area contributed by atoms with Gasteiger partial charge < -0.3 is 5.32 Å². The Kier molecular flexibility index (Phi) is 4.38. The molecule has 96 valence electrons. The zero-order chi connectivity index (χ0) is 11.8. The van der Waals surface area contributed by atoms with E-state index in [0.29, 0.717) is 11.7 Å². The number of nitrogens with zero attached hydrogens (tertiary/aromatic N) is 1. The van der Waals surface area contributed by atoms with Crippen LogP contribution in [0.4, 0.5) is 13.2 Å². The molecular weight excluding hydrogens is 253 g/mol. The summed E-state index contributed by atoms with van der Waals surface area (Å²) >= 11 is 0. The Morgan fingerprint density at radius 3 is 2.41 bits per heavy atom. The molecule has 2 nitrogen and oxygen atoms in total. The molecule has 1 aliphatic rings. The van der Waals surface area contributed by atoms with Crippen molar-refractivity contribution in [2.45, 2.75) is 38.0 Å². The molecule has 1 aromatic heterocycles. The van der Waals surface area contributed by atoms with E-state index in [1.807, 2.05) is 6.92 Å². The predicted molar refractivity (Wildman–Crippen MR) is 61.1 cm³/mol. The van der Waals surface area contributed by atoms with Crippen molar-refractivity contribution in [1.29, 1.82) is 0 Å². The average Bonchev–Trinajstić information content (AvgIpc) is 3.00. The van der Waals surface area contributed by atoms with Crippen LogP contribution in [0, 0.1) is 0 Å². The molecule has 1 heterocycles. The molecule has 0 radical (unpaired) electrons. The van der Waals surface area contributed by atoms with Gasteiger partial charge in [0.1, 0.15) is 0 Å². The normalized spacial score (nSPS) is 17.4. The first kappa shape index (κ1) is 14.3. The fraction of sp³-hybridized carbons (Fsp3) is 0.545.